The van der Waals surface area contributed by atoms with Gasteiger partial charge in [0.2, 0.25) is 0 Å². The van der Waals surface area contributed by atoms with Crippen molar-refractivity contribution in [3.05, 3.63) is 33.7 Å². The maximum atomic E-state index is 13.1. The highest BCUT2D eigenvalue weighted by atomic mass is 79.9. The Hall–Kier alpha value is -0.570. The number of thiophene rings is 1. The second kappa shape index (κ2) is 6.68. The van der Waals surface area contributed by atoms with E-state index >= 15 is 0 Å². The fourth-order valence-corrected chi connectivity index (χ4v) is 7.10. The summed E-state index contributed by atoms with van der Waals surface area (Å²) in [5.41, 5.74) is 5.52. The van der Waals surface area contributed by atoms with E-state index in [1.807, 2.05) is 24.5 Å². The highest BCUT2D eigenvalue weighted by molar-refractivity contribution is 9.11. The van der Waals surface area contributed by atoms with Gasteiger partial charge in [0, 0.05) is 4.48 Å². The first-order chi connectivity index (χ1) is 9.86. The van der Waals surface area contributed by atoms with Crippen molar-refractivity contribution >= 4 is 54.6 Å². The third-order valence-corrected chi connectivity index (χ3v) is 8.40. The van der Waals surface area contributed by atoms with Gasteiger partial charge in [-0.15, -0.1) is 23.1 Å². The Morgan fingerprint density at radius 3 is 2.95 bits per heavy atom. The molecule has 4 nitrogen and oxygen atoms in total. The number of hydrogen-bond donors (Lipinski definition) is 3. The molecule has 2 atom stereocenters. The normalized spacial score (nSPS) is 21.4. The van der Waals surface area contributed by atoms with Crippen LogP contribution in [0.25, 0.3) is 0 Å². The van der Waals surface area contributed by atoms with Crippen LogP contribution in [-0.2, 0) is 9.73 Å². The molecule has 8 heteroatoms. The van der Waals surface area contributed by atoms with Gasteiger partial charge >= 0.3 is 0 Å². The fraction of sp³-hybridized carbons (Fsp3) is 0.308. The van der Waals surface area contributed by atoms with Gasteiger partial charge in [-0.05, 0) is 25.2 Å². The topological polar surface area (TPSA) is 90.8 Å². The molecule has 0 bridgehead atoms. The van der Waals surface area contributed by atoms with Gasteiger partial charge in [-0.2, -0.15) is 0 Å². The number of nitrogen functional groups attached to an aromatic ring is 1. The van der Waals surface area contributed by atoms with Crippen LogP contribution in [0.3, 0.4) is 0 Å². The van der Waals surface area contributed by atoms with Gasteiger partial charge in [-0.25, -0.2) is 8.99 Å². The number of halogens is 1. The van der Waals surface area contributed by atoms with E-state index in [0.717, 1.165) is 15.1 Å². The lowest BCUT2D eigenvalue weighted by atomic mass is 10.2. The van der Waals surface area contributed by atoms with Crippen molar-refractivity contribution in [1.29, 1.82) is 10.2 Å². The second-order valence-electron chi connectivity index (χ2n) is 4.55. The van der Waals surface area contributed by atoms with Crippen molar-refractivity contribution in [3.8, 4) is 0 Å². The van der Waals surface area contributed by atoms with Gasteiger partial charge in [0.15, 0.2) is 0 Å². The molecular weight excluding hydrogens is 390 g/mol. The fourth-order valence-electron chi connectivity index (χ4n) is 2.04. The molecule has 0 amide bonds. The Bertz CT molecular complexity index is 719. The van der Waals surface area contributed by atoms with Gasteiger partial charge in [-0.1, -0.05) is 34.2 Å². The van der Waals surface area contributed by atoms with Crippen molar-refractivity contribution in [2.45, 2.75) is 27.2 Å². The first kappa shape index (κ1) is 16.8. The predicted octanol–water partition coefficient (Wildman–Crippen LogP) is 4.16. The lowest BCUT2D eigenvalue weighted by Gasteiger charge is -2.16. The van der Waals surface area contributed by atoms with Crippen LogP contribution in [0.1, 0.15) is 17.7 Å². The first-order valence-corrected chi connectivity index (χ1v) is 10.7. The van der Waals surface area contributed by atoms with Crippen LogP contribution in [0, 0.1) is 10.2 Å². The second-order valence-corrected chi connectivity index (χ2v) is 9.84. The van der Waals surface area contributed by atoms with Crippen LogP contribution >= 0.6 is 39.0 Å². The summed E-state index contributed by atoms with van der Waals surface area (Å²) in [7, 11) is -2.98. The molecule has 1 aromatic heterocycles. The minimum atomic E-state index is -2.98. The van der Waals surface area contributed by atoms with Gasteiger partial charge in [0.05, 0.1) is 29.0 Å². The molecule has 4 N–H and O–H groups in total. The van der Waals surface area contributed by atoms with E-state index < -0.39 is 9.73 Å². The molecule has 0 aliphatic heterocycles. The molecule has 0 aromatic carbocycles. The quantitative estimate of drug-likeness (QED) is 0.398. The van der Waals surface area contributed by atoms with Crippen molar-refractivity contribution < 1.29 is 4.21 Å². The molecule has 2 unspecified atom stereocenters. The third kappa shape index (κ3) is 3.61. The molecule has 0 saturated heterocycles. The molecule has 2 rings (SSSR count). The Kier molecular flexibility index (Phi) is 5.34. The van der Waals surface area contributed by atoms with Crippen molar-refractivity contribution in [2.24, 2.45) is 5.73 Å². The summed E-state index contributed by atoms with van der Waals surface area (Å²) in [6.45, 7) is 0. The smallest absolute Gasteiger partial charge is 0.133 e. The zero-order valence-electron chi connectivity index (χ0n) is 11.4. The summed E-state index contributed by atoms with van der Waals surface area (Å²) in [4.78, 5) is 1.08. The van der Waals surface area contributed by atoms with E-state index in [0.29, 0.717) is 16.2 Å². The van der Waals surface area contributed by atoms with Crippen LogP contribution in [0.5, 0.6) is 0 Å². The highest BCUT2D eigenvalue weighted by Gasteiger charge is 2.27. The van der Waals surface area contributed by atoms with Gasteiger partial charge in [0.25, 0.3) is 0 Å². The zero-order valence-corrected chi connectivity index (χ0v) is 15.4. The van der Waals surface area contributed by atoms with E-state index in [1.165, 1.54) is 23.1 Å². The molecular formula is C13H16BrN3OS3. The Balaban J connectivity index is 2.49. The summed E-state index contributed by atoms with van der Waals surface area (Å²) in [5.74, 6) is -0.0454. The minimum Gasteiger partial charge on any atom is -0.383 e. The number of allylic oxidation sites excluding steroid dienone is 3. The lowest BCUT2D eigenvalue weighted by molar-refractivity contribution is 0.662. The zero-order chi connectivity index (χ0) is 15.6. The molecule has 0 saturated carbocycles. The summed E-state index contributed by atoms with van der Waals surface area (Å²) in [5, 5.41) is 7.19. The highest BCUT2D eigenvalue weighted by Crippen LogP contribution is 2.37. The molecule has 21 heavy (non-hydrogen) atoms. The third-order valence-electron chi connectivity index (χ3n) is 3.11. The molecule has 1 aromatic rings. The summed E-state index contributed by atoms with van der Waals surface area (Å²) < 4.78 is 23.2. The van der Waals surface area contributed by atoms with E-state index in [2.05, 4.69) is 15.9 Å². The van der Waals surface area contributed by atoms with E-state index in [4.69, 9.17) is 15.9 Å². The minimum absolute atomic E-state index is 0.0454. The van der Waals surface area contributed by atoms with Gasteiger partial charge in [-0.3, -0.25) is 5.41 Å². The Morgan fingerprint density at radius 2 is 2.33 bits per heavy atom. The number of hydrogen-bond acceptors (Lipinski definition) is 5. The standard InChI is InChI=1S/C13H16BrN3OS3/c1-19-13-11(7-10(20-13)12(15)16)21(17,18)9-5-3-2-4-8(14)6-9/h2,4,6-7,9,17H,3,5H2,1H3,(H3,15,16). The average molecular weight is 406 g/mol. The van der Waals surface area contributed by atoms with E-state index in [-0.39, 0.29) is 11.1 Å². The van der Waals surface area contributed by atoms with Crippen LogP contribution in [-0.4, -0.2) is 21.6 Å². The van der Waals surface area contributed by atoms with Crippen molar-refractivity contribution in [1.82, 2.24) is 0 Å². The number of rotatable bonds is 4. The SMILES string of the molecule is CSc1sc(C(=N)N)cc1S(=N)(=O)C1C=C(Br)C=CCC1. The summed E-state index contributed by atoms with van der Waals surface area (Å²) >= 11 is 6.20. The van der Waals surface area contributed by atoms with Crippen LogP contribution in [0.15, 0.2) is 37.9 Å². The van der Waals surface area contributed by atoms with Crippen molar-refractivity contribution in [3.63, 3.8) is 0 Å². The average Bonchev–Trinajstić information content (AvgIpc) is 2.75. The molecule has 0 fully saturated rings. The molecule has 1 aliphatic carbocycles. The summed E-state index contributed by atoms with van der Waals surface area (Å²) in [6.07, 6.45) is 9.15. The molecule has 1 aliphatic rings. The molecule has 0 radical (unpaired) electrons. The predicted molar refractivity (Wildman–Crippen MR) is 95.4 cm³/mol. The monoisotopic (exact) mass is 405 g/mol. The van der Waals surface area contributed by atoms with Crippen LogP contribution in [0.2, 0.25) is 0 Å². The maximum absolute atomic E-state index is 13.1. The largest absolute Gasteiger partial charge is 0.383 e. The van der Waals surface area contributed by atoms with Gasteiger partial charge in [0.1, 0.15) is 5.84 Å². The number of nitrogens with one attached hydrogen (secondary N) is 2. The van der Waals surface area contributed by atoms with Crippen molar-refractivity contribution in [2.75, 3.05) is 6.26 Å². The first-order valence-electron chi connectivity index (χ1n) is 6.20. The maximum Gasteiger partial charge on any atom is 0.133 e. The number of amidine groups is 1. The Morgan fingerprint density at radius 1 is 1.62 bits per heavy atom. The van der Waals surface area contributed by atoms with E-state index in [1.54, 1.807) is 6.07 Å². The lowest BCUT2D eigenvalue weighted by Crippen LogP contribution is -2.18. The van der Waals surface area contributed by atoms with E-state index in [9.17, 15) is 4.21 Å². The van der Waals surface area contributed by atoms with Gasteiger partial charge < -0.3 is 5.73 Å². The number of nitrogens with two attached hydrogens (primary N) is 1. The molecule has 1 heterocycles. The molecule has 114 valence electrons. The Labute approximate surface area is 141 Å². The summed E-state index contributed by atoms with van der Waals surface area (Å²) in [6, 6.07) is 1.65. The molecule has 0 spiro atoms. The number of thioether (sulfide) groups is 1. The van der Waals surface area contributed by atoms with Crippen LogP contribution < -0.4 is 5.73 Å². The van der Waals surface area contributed by atoms with Crippen LogP contribution in [0.4, 0.5) is 0 Å².